The Morgan fingerprint density at radius 3 is 0.926 bits per heavy atom. The first-order valence-corrected chi connectivity index (χ1v) is 28.7. The SMILES string of the molecule is CC/C=C/C=C/C=C/CCCCCCCC(=O)OCC(COC(=O)CCCCCCCCCCCC/C=C/C=C/CCCCC)OC(=O)CCCCCCC/C=C/C=C/CCCCCCCCC. The highest BCUT2D eigenvalue weighted by atomic mass is 16.6. The van der Waals surface area contributed by atoms with E-state index in [9.17, 15) is 14.4 Å². The number of esters is 3. The summed E-state index contributed by atoms with van der Waals surface area (Å²) in [5.74, 6) is -0.926. The number of hydrogen-bond acceptors (Lipinski definition) is 6. The predicted octanol–water partition coefficient (Wildman–Crippen LogP) is 19.2. The summed E-state index contributed by atoms with van der Waals surface area (Å²) < 4.78 is 16.8. The molecule has 1 atom stereocenters. The van der Waals surface area contributed by atoms with Crippen LogP contribution in [0.3, 0.4) is 0 Å². The maximum Gasteiger partial charge on any atom is 0.306 e. The largest absolute Gasteiger partial charge is 0.462 e. The van der Waals surface area contributed by atoms with Crippen LogP contribution in [-0.4, -0.2) is 37.2 Å². The third-order valence-electron chi connectivity index (χ3n) is 12.2. The van der Waals surface area contributed by atoms with Gasteiger partial charge in [-0.2, -0.15) is 0 Å². The first kappa shape index (κ1) is 64.6. The zero-order chi connectivity index (χ0) is 49.3. The normalized spacial score (nSPS) is 12.7. The lowest BCUT2D eigenvalue weighted by molar-refractivity contribution is -0.167. The average Bonchev–Trinajstić information content (AvgIpc) is 3.34. The highest BCUT2D eigenvalue weighted by Crippen LogP contribution is 2.15. The van der Waals surface area contributed by atoms with Crippen LogP contribution in [0.2, 0.25) is 0 Å². The minimum absolute atomic E-state index is 0.0914. The molecule has 0 aliphatic carbocycles. The molecule has 0 aromatic rings. The van der Waals surface area contributed by atoms with Gasteiger partial charge in [0.25, 0.3) is 0 Å². The van der Waals surface area contributed by atoms with Crippen LogP contribution in [0.1, 0.15) is 271 Å². The number of hydrogen-bond donors (Lipinski definition) is 0. The van der Waals surface area contributed by atoms with Gasteiger partial charge in [0.2, 0.25) is 0 Å². The second kappa shape index (κ2) is 56.2. The van der Waals surface area contributed by atoms with Gasteiger partial charge in [0.15, 0.2) is 6.10 Å². The standard InChI is InChI=1S/C62H106O6/c1-4-7-10-13-16-19-22-25-27-29-31-33-34-37-40-43-46-49-52-55-61(64)67-58-59(57-66-60(63)54-51-48-45-42-39-36-24-21-18-15-12-9-6-3)68-62(65)56-53-50-47-44-41-38-35-32-30-28-26-23-20-17-14-11-8-5-2/h9,12,15-16,18-19,21-22,24-25,28,30,32,35,59H,4-8,10-11,13-14,17,20,23,26-27,29,31,33-34,36-58H2,1-3H3/b12-9+,18-15+,19-16+,24-21+,25-22+,30-28+,35-32+. The maximum absolute atomic E-state index is 12.9. The molecule has 0 aromatic carbocycles. The van der Waals surface area contributed by atoms with Crippen LogP contribution in [0.25, 0.3) is 0 Å². The van der Waals surface area contributed by atoms with Crippen molar-refractivity contribution >= 4 is 17.9 Å². The van der Waals surface area contributed by atoms with Crippen LogP contribution >= 0.6 is 0 Å². The van der Waals surface area contributed by atoms with E-state index < -0.39 is 6.10 Å². The summed E-state index contributed by atoms with van der Waals surface area (Å²) in [7, 11) is 0. The third-order valence-corrected chi connectivity index (χ3v) is 12.2. The molecule has 0 N–H and O–H groups in total. The highest BCUT2D eigenvalue weighted by Gasteiger charge is 2.19. The molecular weight excluding hydrogens is 841 g/mol. The first-order valence-electron chi connectivity index (χ1n) is 28.7. The Morgan fingerprint density at radius 2 is 0.574 bits per heavy atom. The lowest BCUT2D eigenvalue weighted by Gasteiger charge is -2.18. The zero-order valence-corrected chi connectivity index (χ0v) is 44.6. The van der Waals surface area contributed by atoms with E-state index in [0.29, 0.717) is 19.3 Å². The predicted molar refractivity (Wildman–Crippen MR) is 293 cm³/mol. The second-order valence-electron chi connectivity index (χ2n) is 18.9. The Hall–Kier alpha value is -3.41. The molecular formula is C62H106O6. The number of allylic oxidation sites excluding steroid dienone is 14. The van der Waals surface area contributed by atoms with Crippen molar-refractivity contribution in [3.8, 4) is 0 Å². The summed E-state index contributed by atoms with van der Waals surface area (Å²) in [6.07, 6.45) is 72.8. The van der Waals surface area contributed by atoms with Crippen LogP contribution in [-0.2, 0) is 28.6 Å². The first-order chi connectivity index (χ1) is 33.5. The minimum Gasteiger partial charge on any atom is -0.462 e. The molecule has 0 spiro atoms. The van der Waals surface area contributed by atoms with E-state index in [0.717, 1.165) is 103 Å². The van der Waals surface area contributed by atoms with Crippen LogP contribution in [0.15, 0.2) is 85.1 Å². The second-order valence-corrected chi connectivity index (χ2v) is 18.9. The van der Waals surface area contributed by atoms with Gasteiger partial charge in [0, 0.05) is 19.3 Å². The van der Waals surface area contributed by atoms with E-state index in [1.54, 1.807) is 0 Å². The number of carbonyl (C=O) groups is 3. The van der Waals surface area contributed by atoms with Crippen molar-refractivity contribution < 1.29 is 28.6 Å². The molecule has 0 saturated heterocycles. The Kier molecular flexibility index (Phi) is 53.4. The van der Waals surface area contributed by atoms with E-state index in [1.165, 1.54) is 128 Å². The van der Waals surface area contributed by atoms with Crippen LogP contribution in [0, 0.1) is 0 Å². The number of ether oxygens (including phenoxy) is 3. The molecule has 0 fully saturated rings. The zero-order valence-electron chi connectivity index (χ0n) is 44.6. The fourth-order valence-electron chi connectivity index (χ4n) is 7.89. The van der Waals surface area contributed by atoms with Crippen molar-refractivity contribution in [1.82, 2.24) is 0 Å². The van der Waals surface area contributed by atoms with Crippen molar-refractivity contribution in [2.45, 2.75) is 277 Å². The fourth-order valence-corrected chi connectivity index (χ4v) is 7.89. The summed E-state index contributed by atoms with van der Waals surface area (Å²) >= 11 is 0. The smallest absolute Gasteiger partial charge is 0.306 e. The van der Waals surface area contributed by atoms with Gasteiger partial charge in [0.1, 0.15) is 13.2 Å². The molecule has 0 radical (unpaired) electrons. The van der Waals surface area contributed by atoms with Crippen LogP contribution in [0.5, 0.6) is 0 Å². The van der Waals surface area contributed by atoms with Crippen LogP contribution in [0.4, 0.5) is 0 Å². The molecule has 68 heavy (non-hydrogen) atoms. The summed E-state index contributed by atoms with van der Waals surface area (Å²) in [4.78, 5) is 38.1. The Balaban J connectivity index is 4.41. The molecule has 1 unspecified atom stereocenters. The summed E-state index contributed by atoms with van der Waals surface area (Å²) in [6, 6.07) is 0. The lowest BCUT2D eigenvalue weighted by Crippen LogP contribution is -2.30. The van der Waals surface area contributed by atoms with Gasteiger partial charge in [-0.05, 0) is 89.9 Å². The van der Waals surface area contributed by atoms with E-state index >= 15 is 0 Å². The number of carbonyl (C=O) groups excluding carboxylic acids is 3. The van der Waals surface area contributed by atoms with Crippen molar-refractivity contribution in [1.29, 1.82) is 0 Å². The Morgan fingerprint density at radius 1 is 0.309 bits per heavy atom. The molecule has 390 valence electrons. The van der Waals surface area contributed by atoms with Crippen molar-refractivity contribution in [2.75, 3.05) is 13.2 Å². The van der Waals surface area contributed by atoms with Crippen LogP contribution < -0.4 is 0 Å². The molecule has 0 amide bonds. The minimum atomic E-state index is -0.795. The van der Waals surface area contributed by atoms with Gasteiger partial charge in [-0.1, -0.05) is 247 Å². The summed E-state index contributed by atoms with van der Waals surface area (Å²) in [6.45, 7) is 6.45. The van der Waals surface area contributed by atoms with E-state index in [-0.39, 0.29) is 31.1 Å². The van der Waals surface area contributed by atoms with Gasteiger partial charge < -0.3 is 14.2 Å². The summed E-state index contributed by atoms with van der Waals surface area (Å²) in [5.41, 5.74) is 0. The van der Waals surface area contributed by atoms with E-state index in [4.69, 9.17) is 14.2 Å². The van der Waals surface area contributed by atoms with Gasteiger partial charge in [-0.3, -0.25) is 14.4 Å². The van der Waals surface area contributed by atoms with Gasteiger partial charge in [-0.25, -0.2) is 0 Å². The Bertz CT molecular complexity index is 1320. The molecule has 0 aromatic heterocycles. The summed E-state index contributed by atoms with van der Waals surface area (Å²) in [5, 5.41) is 0. The Labute approximate surface area is 420 Å². The quantitative estimate of drug-likeness (QED) is 0.0262. The van der Waals surface area contributed by atoms with E-state index in [1.807, 2.05) is 0 Å². The van der Waals surface area contributed by atoms with Crippen molar-refractivity contribution in [3.05, 3.63) is 85.1 Å². The van der Waals surface area contributed by atoms with Crippen molar-refractivity contribution in [3.63, 3.8) is 0 Å². The monoisotopic (exact) mass is 947 g/mol. The molecule has 6 nitrogen and oxygen atoms in total. The molecule has 0 aliphatic heterocycles. The maximum atomic E-state index is 12.9. The number of rotatable bonds is 51. The number of unbranched alkanes of at least 4 members (excludes halogenated alkanes) is 30. The van der Waals surface area contributed by atoms with Gasteiger partial charge >= 0.3 is 17.9 Å². The van der Waals surface area contributed by atoms with Gasteiger partial charge in [-0.15, -0.1) is 0 Å². The molecule has 0 heterocycles. The topological polar surface area (TPSA) is 78.9 Å². The van der Waals surface area contributed by atoms with E-state index in [2.05, 4.69) is 106 Å². The molecule has 0 rings (SSSR count). The fraction of sp³-hybridized carbons (Fsp3) is 0.726. The highest BCUT2D eigenvalue weighted by molar-refractivity contribution is 5.71. The third kappa shape index (κ3) is 53.5. The van der Waals surface area contributed by atoms with Crippen molar-refractivity contribution in [2.24, 2.45) is 0 Å². The average molecular weight is 948 g/mol. The molecule has 0 saturated carbocycles. The molecule has 6 heteroatoms. The lowest BCUT2D eigenvalue weighted by atomic mass is 10.1. The van der Waals surface area contributed by atoms with Gasteiger partial charge in [0.05, 0.1) is 0 Å². The molecule has 0 aliphatic rings. The molecule has 0 bridgehead atoms.